The van der Waals surface area contributed by atoms with E-state index in [1.54, 1.807) is 72.8 Å². The van der Waals surface area contributed by atoms with Crippen LogP contribution in [0, 0.1) is 0 Å². The van der Waals surface area contributed by atoms with Crippen LogP contribution in [-0.4, -0.2) is 37.5 Å². The summed E-state index contributed by atoms with van der Waals surface area (Å²) in [6.45, 7) is -0.258. The van der Waals surface area contributed by atoms with Crippen LogP contribution in [-0.2, 0) is 14.4 Å². The topological polar surface area (TPSA) is 114 Å². The zero-order valence-electron chi connectivity index (χ0n) is 19.0. The second kappa shape index (κ2) is 10.9. The first-order valence-electron chi connectivity index (χ1n) is 10.7. The Labute approximate surface area is 214 Å². The van der Waals surface area contributed by atoms with Gasteiger partial charge in [0.15, 0.2) is 6.61 Å². The van der Waals surface area contributed by atoms with Gasteiger partial charge in [-0.05, 0) is 64.0 Å². The fraction of sp³-hybridized carbons (Fsp3) is 0.0769. The van der Waals surface area contributed by atoms with Gasteiger partial charge in [-0.15, -0.1) is 0 Å². The van der Waals surface area contributed by atoms with Gasteiger partial charge >= 0.3 is 6.03 Å². The first kappa shape index (κ1) is 24.7. The van der Waals surface area contributed by atoms with Crippen LogP contribution in [0.1, 0.15) is 5.56 Å². The molecule has 0 saturated carbocycles. The quantitative estimate of drug-likeness (QED) is 0.338. The van der Waals surface area contributed by atoms with Crippen molar-refractivity contribution in [3.63, 3.8) is 0 Å². The maximum Gasteiger partial charge on any atom is 0.335 e. The number of carbonyl (C=O) groups excluding carboxylic acids is 4. The first-order valence-corrected chi connectivity index (χ1v) is 11.5. The second-order valence-electron chi connectivity index (χ2n) is 7.52. The molecule has 1 saturated heterocycles. The SMILES string of the molecule is COc1ccccc1NC(=O)COc1ccc(/C=C2/C(=O)NC(=O)N(c3ccccc3)C2=O)cc1Br. The summed E-state index contributed by atoms with van der Waals surface area (Å²) < 4.78 is 11.3. The summed E-state index contributed by atoms with van der Waals surface area (Å²) in [5.74, 6) is -1.00. The predicted octanol–water partition coefficient (Wildman–Crippen LogP) is 4.14. The number of methoxy groups -OCH3 is 1. The molecular formula is C26H20BrN3O6. The number of hydrogen-bond acceptors (Lipinski definition) is 6. The van der Waals surface area contributed by atoms with E-state index in [4.69, 9.17) is 9.47 Å². The molecule has 3 aromatic carbocycles. The summed E-state index contributed by atoms with van der Waals surface area (Å²) in [6.07, 6.45) is 1.38. The second-order valence-corrected chi connectivity index (χ2v) is 8.37. The van der Waals surface area contributed by atoms with Crippen LogP contribution in [0.4, 0.5) is 16.2 Å². The number of nitrogens with zero attached hydrogens (tertiary/aromatic N) is 1. The zero-order chi connectivity index (χ0) is 25.7. The van der Waals surface area contributed by atoms with Gasteiger partial charge in [0.25, 0.3) is 17.7 Å². The lowest BCUT2D eigenvalue weighted by Crippen LogP contribution is -2.54. The lowest BCUT2D eigenvalue weighted by atomic mass is 10.1. The van der Waals surface area contributed by atoms with Gasteiger partial charge in [0, 0.05) is 0 Å². The number of para-hydroxylation sites is 3. The van der Waals surface area contributed by atoms with Crippen LogP contribution >= 0.6 is 15.9 Å². The van der Waals surface area contributed by atoms with Crippen molar-refractivity contribution in [1.29, 1.82) is 0 Å². The van der Waals surface area contributed by atoms with Crippen LogP contribution in [0.5, 0.6) is 11.5 Å². The van der Waals surface area contributed by atoms with E-state index < -0.39 is 17.8 Å². The van der Waals surface area contributed by atoms with E-state index in [2.05, 4.69) is 26.6 Å². The summed E-state index contributed by atoms with van der Waals surface area (Å²) >= 11 is 3.38. The molecule has 36 heavy (non-hydrogen) atoms. The minimum Gasteiger partial charge on any atom is -0.495 e. The third kappa shape index (κ3) is 5.44. The van der Waals surface area contributed by atoms with E-state index >= 15 is 0 Å². The maximum atomic E-state index is 13.0. The van der Waals surface area contributed by atoms with E-state index in [-0.39, 0.29) is 18.1 Å². The van der Waals surface area contributed by atoms with Crippen LogP contribution < -0.4 is 25.0 Å². The maximum absolute atomic E-state index is 13.0. The molecule has 10 heteroatoms. The van der Waals surface area contributed by atoms with Gasteiger partial charge in [0.05, 0.1) is 23.0 Å². The first-order chi connectivity index (χ1) is 17.4. The molecule has 0 aliphatic carbocycles. The summed E-state index contributed by atoms with van der Waals surface area (Å²) in [4.78, 5) is 50.8. The highest BCUT2D eigenvalue weighted by Gasteiger charge is 2.36. The molecule has 0 spiro atoms. The van der Waals surface area contributed by atoms with Crippen molar-refractivity contribution in [3.8, 4) is 11.5 Å². The van der Waals surface area contributed by atoms with E-state index in [9.17, 15) is 19.2 Å². The Kier molecular flexibility index (Phi) is 7.45. The molecule has 0 aromatic heterocycles. The van der Waals surface area contributed by atoms with E-state index in [1.165, 1.54) is 13.2 Å². The summed E-state index contributed by atoms with van der Waals surface area (Å²) in [6, 6.07) is 19.3. The van der Waals surface area contributed by atoms with Crippen molar-refractivity contribution in [3.05, 3.63) is 88.4 Å². The third-order valence-electron chi connectivity index (χ3n) is 5.12. The lowest BCUT2D eigenvalue weighted by Gasteiger charge is -2.26. The van der Waals surface area contributed by atoms with Crippen molar-refractivity contribution in [2.75, 3.05) is 23.9 Å². The van der Waals surface area contributed by atoms with Crippen LogP contribution in [0.15, 0.2) is 82.8 Å². The number of anilines is 2. The Hall–Kier alpha value is -4.44. The van der Waals surface area contributed by atoms with Crippen LogP contribution in [0.3, 0.4) is 0 Å². The molecule has 0 bridgehead atoms. The minimum absolute atomic E-state index is 0.199. The highest BCUT2D eigenvalue weighted by atomic mass is 79.9. The number of rotatable bonds is 7. The molecule has 3 aromatic rings. The fourth-order valence-corrected chi connectivity index (χ4v) is 3.95. The molecule has 5 amide bonds. The number of nitrogens with one attached hydrogen (secondary N) is 2. The summed E-state index contributed by atoms with van der Waals surface area (Å²) in [5, 5.41) is 4.90. The predicted molar refractivity (Wildman–Crippen MR) is 137 cm³/mol. The Bertz CT molecular complexity index is 1370. The molecule has 1 fully saturated rings. The molecule has 2 N–H and O–H groups in total. The van der Waals surface area contributed by atoms with Gasteiger partial charge in [-0.2, -0.15) is 0 Å². The van der Waals surface area contributed by atoms with Gasteiger partial charge in [0.2, 0.25) is 0 Å². The van der Waals surface area contributed by atoms with Crippen LogP contribution in [0.2, 0.25) is 0 Å². The number of barbiturate groups is 1. The lowest BCUT2D eigenvalue weighted by molar-refractivity contribution is -0.122. The standard InChI is InChI=1S/C26H20BrN3O6/c1-35-22-10-6-5-9-20(22)28-23(31)15-36-21-12-11-16(14-19(21)27)13-18-24(32)29-26(34)30(25(18)33)17-7-3-2-4-8-17/h2-14H,15H2,1H3,(H,28,31)(H,29,32,34)/b18-13-. The van der Waals surface area contributed by atoms with Gasteiger partial charge in [-0.25, -0.2) is 9.69 Å². The highest BCUT2D eigenvalue weighted by Crippen LogP contribution is 2.29. The summed E-state index contributed by atoms with van der Waals surface area (Å²) in [5.41, 5.74) is 1.17. The molecule has 0 atom stereocenters. The molecule has 1 heterocycles. The van der Waals surface area contributed by atoms with Crippen molar-refractivity contribution < 1.29 is 28.7 Å². The molecular weight excluding hydrogens is 530 g/mol. The number of amides is 5. The number of halogens is 1. The molecule has 9 nitrogen and oxygen atoms in total. The van der Waals surface area contributed by atoms with Crippen LogP contribution in [0.25, 0.3) is 6.08 Å². The average Bonchev–Trinajstić information content (AvgIpc) is 2.87. The van der Waals surface area contributed by atoms with E-state index in [1.807, 2.05) is 0 Å². The molecule has 0 unspecified atom stereocenters. The normalized spacial score (nSPS) is 14.4. The van der Waals surface area contributed by atoms with Gasteiger partial charge in [0.1, 0.15) is 17.1 Å². The number of hydrogen-bond donors (Lipinski definition) is 2. The Balaban J connectivity index is 1.47. The highest BCUT2D eigenvalue weighted by molar-refractivity contribution is 9.10. The smallest absolute Gasteiger partial charge is 0.335 e. The number of benzene rings is 3. The van der Waals surface area contributed by atoms with Gasteiger partial charge < -0.3 is 14.8 Å². The number of urea groups is 1. The number of ether oxygens (including phenoxy) is 2. The Morgan fingerprint density at radius 3 is 2.44 bits per heavy atom. The van der Waals surface area contributed by atoms with Crippen molar-refractivity contribution in [2.24, 2.45) is 0 Å². The molecule has 1 aliphatic rings. The average molecular weight is 550 g/mol. The molecule has 4 rings (SSSR count). The Morgan fingerprint density at radius 1 is 1.00 bits per heavy atom. The molecule has 0 radical (unpaired) electrons. The molecule has 182 valence electrons. The fourth-order valence-electron chi connectivity index (χ4n) is 3.44. The zero-order valence-corrected chi connectivity index (χ0v) is 20.6. The monoisotopic (exact) mass is 549 g/mol. The number of imide groups is 2. The van der Waals surface area contributed by atoms with E-state index in [0.717, 1.165) is 4.90 Å². The Morgan fingerprint density at radius 2 is 1.72 bits per heavy atom. The van der Waals surface area contributed by atoms with Crippen molar-refractivity contribution in [2.45, 2.75) is 0 Å². The van der Waals surface area contributed by atoms with Gasteiger partial charge in [-0.1, -0.05) is 36.4 Å². The summed E-state index contributed by atoms with van der Waals surface area (Å²) in [7, 11) is 1.51. The minimum atomic E-state index is -0.815. The van der Waals surface area contributed by atoms with Gasteiger partial charge in [-0.3, -0.25) is 19.7 Å². The van der Waals surface area contributed by atoms with Crippen molar-refractivity contribution >= 4 is 57.1 Å². The largest absolute Gasteiger partial charge is 0.495 e. The van der Waals surface area contributed by atoms with E-state index in [0.29, 0.717) is 32.9 Å². The van der Waals surface area contributed by atoms with Crippen molar-refractivity contribution in [1.82, 2.24) is 5.32 Å². The third-order valence-corrected chi connectivity index (χ3v) is 5.74. The number of carbonyl (C=O) groups is 4. The molecule has 1 aliphatic heterocycles.